The van der Waals surface area contributed by atoms with Crippen LogP contribution in [0.15, 0.2) is 11.4 Å². The molecule has 5 nitrogen and oxygen atoms in total. The molecule has 0 N–H and O–H groups in total. The highest BCUT2D eigenvalue weighted by Crippen LogP contribution is 2.06. The lowest BCUT2D eigenvalue weighted by atomic mass is 10.1. The molecule has 1 unspecified atom stereocenters. The minimum Gasteiger partial charge on any atom is -0.379 e. The third kappa shape index (κ3) is 2.69. The van der Waals surface area contributed by atoms with E-state index in [0.29, 0.717) is 0 Å². The highest BCUT2D eigenvalue weighted by atomic mass is 16.5. The van der Waals surface area contributed by atoms with Crippen LogP contribution >= 0.6 is 0 Å². The third-order valence-corrected chi connectivity index (χ3v) is 4.20. The summed E-state index contributed by atoms with van der Waals surface area (Å²) in [5.74, 6) is 0. The van der Waals surface area contributed by atoms with Gasteiger partial charge in [-0.05, 0) is 24.5 Å². The van der Waals surface area contributed by atoms with Gasteiger partial charge in [0.2, 0.25) is 0 Å². The van der Waals surface area contributed by atoms with Crippen molar-refractivity contribution in [3.63, 3.8) is 0 Å². The molecule has 1 fully saturated rings. The molecule has 1 aromatic heterocycles. The first kappa shape index (κ1) is 13.5. The van der Waals surface area contributed by atoms with Crippen LogP contribution in [0.2, 0.25) is 0 Å². The molecule has 1 aliphatic heterocycles. The van der Waals surface area contributed by atoms with Gasteiger partial charge in [-0.15, -0.1) is 0 Å². The number of nitroso groups, excluding NO2 is 1. The molecule has 0 saturated carbocycles. The van der Waals surface area contributed by atoms with Gasteiger partial charge in [0.05, 0.1) is 13.2 Å². The minimum absolute atomic E-state index is 0.202. The van der Waals surface area contributed by atoms with Crippen LogP contribution < -0.4 is 10.6 Å². The largest absolute Gasteiger partial charge is 0.379 e. The molecule has 0 bridgehead atoms. The second-order valence-corrected chi connectivity index (χ2v) is 5.55. The van der Waals surface area contributed by atoms with Crippen LogP contribution in [-0.2, 0) is 18.2 Å². The van der Waals surface area contributed by atoms with Crippen molar-refractivity contribution in [2.24, 2.45) is 12.2 Å². The van der Waals surface area contributed by atoms with Crippen molar-refractivity contribution in [3.8, 4) is 0 Å². The molecule has 20 heavy (non-hydrogen) atoms. The monoisotopic (exact) mass is 275 g/mol. The fourth-order valence-electron chi connectivity index (χ4n) is 3.04. The lowest BCUT2D eigenvalue weighted by molar-refractivity contribution is 0.0384. The zero-order chi connectivity index (χ0) is 13.9. The molecule has 108 valence electrons. The van der Waals surface area contributed by atoms with Gasteiger partial charge in [-0.25, -0.2) is 0 Å². The van der Waals surface area contributed by atoms with Crippen molar-refractivity contribution >= 4 is 12.2 Å². The fraction of sp³-hybridized carbons (Fsp3) is 0.600. The molecule has 0 amide bonds. The number of fused-ring (bicyclic) bond motifs is 1. The molecule has 1 atom stereocenters. The molecule has 2 aliphatic rings. The van der Waals surface area contributed by atoms with Crippen LogP contribution in [0.4, 0.5) is 0 Å². The number of ether oxygens (including phenoxy) is 1. The summed E-state index contributed by atoms with van der Waals surface area (Å²) >= 11 is 0. The van der Waals surface area contributed by atoms with Gasteiger partial charge in [0.25, 0.3) is 0 Å². The lowest BCUT2D eigenvalue weighted by Crippen LogP contribution is -2.38. The average Bonchev–Trinajstić information content (AvgIpc) is 2.82. The van der Waals surface area contributed by atoms with Gasteiger partial charge in [0.15, 0.2) is 0 Å². The topological polar surface area (TPSA) is 46.8 Å². The molecule has 0 radical (unpaired) electrons. The Morgan fingerprint density at radius 3 is 2.95 bits per heavy atom. The van der Waals surface area contributed by atoms with Crippen molar-refractivity contribution in [2.45, 2.75) is 18.9 Å². The predicted octanol–water partition coefficient (Wildman–Crippen LogP) is -0.000500. The van der Waals surface area contributed by atoms with E-state index < -0.39 is 0 Å². The molecule has 2 heterocycles. The Morgan fingerprint density at radius 2 is 2.20 bits per heavy atom. The number of aromatic nitrogens is 1. The third-order valence-electron chi connectivity index (χ3n) is 4.20. The number of nitrogens with zero attached hydrogens (tertiary/aromatic N) is 3. The van der Waals surface area contributed by atoms with E-state index in [2.05, 4.69) is 34.0 Å². The molecule has 1 aromatic rings. The summed E-state index contributed by atoms with van der Waals surface area (Å²) in [6.45, 7) is 4.76. The van der Waals surface area contributed by atoms with E-state index in [4.69, 9.17) is 4.74 Å². The maximum atomic E-state index is 10.8. The molecular weight excluding hydrogens is 254 g/mol. The fourth-order valence-corrected chi connectivity index (χ4v) is 3.04. The Morgan fingerprint density at radius 1 is 1.40 bits per heavy atom. The Bertz CT molecular complexity index is 599. The van der Waals surface area contributed by atoms with Crippen LogP contribution in [-0.4, -0.2) is 48.4 Å². The molecule has 3 rings (SSSR count). The average molecular weight is 275 g/mol. The van der Waals surface area contributed by atoms with E-state index >= 15 is 0 Å². The summed E-state index contributed by atoms with van der Waals surface area (Å²) in [6, 6.07) is -0.202. The van der Waals surface area contributed by atoms with Crippen LogP contribution in [0.3, 0.4) is 0 Å². The summed E-state index contributed by atoms with van der Waals surface area (Å²) in [6.07, 6.45) is 8.07. The number of morpholine rings is 1. The van der Waals surface area contributed by atoms with Crippen molar-refractivity contribution in [2.75, 3.05) is 32.8 Å². The number of hydrogen-bond acceptors (Lipinski definition) is 4. The second-order valence-electron chi connectivity index (χ2n) is 5.55. The van der Waals surface area contributed by atoms with Crippen LogP contribution in [0.1, 0.15) is 12.0 Å². The molecule has 0 aromatic carbocycles. The van der Waals surface area contributed by atoms with Crippen LogP contribution in [0, 0.1) is 4.91 Å². The van der Waals surface area contributed by atoms with E-state index in [1.807, 2.05) is 6.08 Å². The smallest absolute Gasteiger partial charge is 0.114 e. The Labute approximate surface area is 118 Å². The van der Waals surface area contributed by atoms with Gasteiger partial charge in [-0.1, -0.05) is 11.3 Å². The van der Waals surface area contributed by atoms with E-state index in [0.717, 1.165) is 45.7 Å². The molecule has 1 saturated heterocycles. The first-order chi connectivity index (χ1) is 9.78. The van der Waals surface area contributed by atoms with E-state index in [1.54, 1.807) is 0 Å². The van der Waals surface area contributed by atoms with Crippen molar-refractivity contribution in [3.05, 3.63) is 27.2 Å². The van der Waals surface area contributed by atoms with Gasteiger partial charge < -0.3 is 9.30 Å². The van der Waals surface area contributed by atoms with E-state index in [1.165, 1.54) is 16.1 Å². The molecule has 5 heteroatoms. The maximum Gasteiger partial charge on any atom is 0.114 e. The maximum absolute atomic E-state index is 10.8. The van der Waals surface area contributed by atoms with Gasteiger partial charge in [0.1, 0.15) is 6.04 Å². The van der Waals surface area contributed by atoms with Gasteiger partial charge in [-0.3, -0.25) is 4.90 Å². The van der Waals surface area contributed by atoms with Crippen molar-refractivity contribution in [1.82, 2.24) is 9.47 Å². The van der Waals surface area contributed by atoms with Gasteiger partial charge in [0, 0.05) is 43.4 Å². The highest BCUT2D eigenvalue weighted by molar-refractivity contribution is 5.44. The summed E-state index contributed by atoms with van der Waals surface area (Å²) in [5, 5.41) is 5.60. The number of hydrogen-bond donors (Lipinski definition) is 0. The Hall–Kier alpha value is -1.46. The first-order valence-corrected chi connectivity index (χ1v) is 7.27. The Balaban J connectivity index is 1.79. The lowest BCUT2D eigenvalue weighted by Gasteiger charge is -2.26. The summed E-state index contributed by atoms with van der Waals surface area (Å²) < 4.78 is 7.53. The normalized spacial score (nSPS) is 22.8. The number of aryl methyl sites for hydroxylation is 1. The Kier molecular flexibility index (Phi) is 3.98. The number of rotatable bonds is 4. The standard InChI is InChI=1S/C15H21N3O2/c1-17-11-12(4-5-18-6-8-20-9-7-18)14-10-13(16-19)2-3-15(14)17/h3,10-11,13H,2,4-9H2,1H3. The SMILES string of the molecule is Cn1cc(CCN2CCOCC2)c2c1=CCC(N=O)C=2. The van der Waals surface area contributed by atoms with E-state index in [9.17, 15) is 4.91 Å². The van der Waals surface area contributed by atoms with Crippen molar-refractivity contribution in [1.29, 1.82) is 0 Å². The molecular formula is C15H21N3O2. The van der Waals surface area contributed by atoms with Crippen molar-refractivity contribution < 1.29 is 4.74 Å². The molecule has 0 spiro atoms. The van der Waals surface area contributed by atoms with E-state index in [-0.39, 0.29) is 6.04 Å². The van der Waals surface area contributed by atoms with Gasteiger partial charge in [-0.2, -0.15) is 4.91 Å². The zero-order valence-electron chi connectivity index (χ0n) is 11.9. The van der Waals surface area contributed by atoms with Crippen LogP contribution in [0.5, 0.6) is 0 Å². The minimum atomic E-state index is -0.202. The molecule has 1 aliphatic carbocycles. The summed E-state index contributed by atoms with van der Waals surface area (Å²) in [7, 11) is 2.07. The summed E-state index contributed by atoms with van der Waals surface area (Å²) in [4.78, 5) is 13.2. The predicted molar refractivity (Wildman–Crippen MR) is 78.8 cm³/mol. The summed E-state index contributed by atoms with van der Waals surface area (Å²) in [5.41, 5.74) is 1.32. The zero-order valence-corrected chi connectivity index (χ0v) is 11.9. The first-order valence-electron chi connectivity index (χ1n) is 7.27. The van der Waals surface area contributed by atoms with Crippen LogP contribution in [0.25, 0.3) is 12.2 Å². The second kappa shape index (κ2) is 5.89. The van der Waals surface area contributed by atoms with Gasteiger partial charge >= 0.3 is 0 Å². The highest BCUT2D eigenvalue weighted by Gasteiger charge is 2.14. The quantitative estimate of drug-likeness (QED) is 0.727.